The fourth-order valence-electron chi connectivity index (χ4n) is 0.935. The molecule has 0 fully saturated rings. The van der Waals surface area contributed by atoms with Gasteiger partial charge < -0.3 is 9.47 Å². The minimum Gasteiger partial charge on any atom is -0.467 e. The van der Waals surface area contributed by atoms with Crippen LogP contribution < -0.4 is 0 Å². The number of ether oxygens (including phenoxy) is 2. The predicted molar refractivity (Wildman–Crippen MR) is 44.1 cm³/mol. The molecule has 0 spiro atoms. The van der Waals surface area contributed by atoms with Gasteiger partial charge in [0, 0.05) is 0 Å². The van der Waals surface area contributed by atoms with E-state index >= 15 is 0 Å². The van der Waals surface area contributed by atoms with E-state index in [1.807, 2.05) is 6.92 Å². The van der Waals surface area contributed by atoms with Crippen LogP contribution in [0, 0.1) is 0 Å². The SMILES string of the molecule is CCOC(=O)C1=NCC(CC)O1. The molecule has 0 saturated heterocycles. The summed E-state index contributed by atoms with van der Waals surface area (Å²) in [5.74, 6) is -0.322. The molecule has 0 N–H and O–H groups in total. The van der Waals surface area contributed by atoms with Gasteiger partial charge >= 0.3 is 5.97 Å². The van der Waals surface area contributed by atoms with Crippen molar-refractivity contribution in [3.05, 3.63) is 0 Å². The van der Waals surface area contributed by atoms with E-state index in [1.54, 1.807) is 6.92 Å². The average molecular weight is 171 g/mol. The molecule has 1 aliphatic rings. The minimum absolute atomic E-state index is 0.0596. The van der Waals surface area contributed by atoms with Crippen LogP contribution in [0.25, 0.3) is 0 Å². The van der Waals surface area contributed by atoms with E-state index in [2.05, 4.69) is 4.99 Å². The Kier molecular flexibility index (Phi) is 3.08. The Morgan fingerprint density at radius 1 is 1.75 bits per heavy atom. The van der Waals surface area contributed by atoms with Crippen molar-refractivity contribution in [1.82, 2.24) is 0 Å². The minimum atomic E-state index is -0.451. The molecular formula is C8H13NO3. The van der Waals surface area contributed by atoms with Crippen LogP contribution in [0.1, 0.15) is 20.3 Å². The molecule has 0 saturated carbocycles. The van der Waals surface area contributed by atoms with Gasteiger partial charge in [-0.2, -0.15) is 0 Å². The van der Waals surface area contributed by atoms with E-state index in [0.717, 1.165) is 6.42 Å². The van der Waals surface area contributed by atoms with Gasteiger partial charge in [0.15, 0.2) is 0 Å². The third-order valence-corrected chi connectivity index (χ3v) is 1.62. The summed E-state index contributed by atoms with van der Waals surface area (Å²) in [5, 5.41) is 0. The molecule has 1 unspecified atom stereocenters. The standard InChI is InChI=1S/C8H13NO3/c1-3-6-5-9-7(12-6)8(10)11-4-2/h6H,3-5H2,1-2H3. The smallest absolute Gasteiger partial charge is 0.393 e. The molecule has 1 rings (SSSR count). The first-order valence-electron chi connectivity index (χ1n) is 4.16. The number of carbonyl (C=O) groups is 1. The van der Waals surface area contributed by atoms with Gasteiger partial charge in [0.1, 0.15) is 6.10 Å². The zero-order chi connectivity index (χ0) is 8.97. The lowest BCUT2D eigenvalue weighted by molar-refractivity contribution is -0.136. The first-order valence-corrected chi connectivity index (χ1v) is 4.16. The molecule has 0 radical (unpaired) electrons. The Morgan fingerprint density at radius 3 is 3.00 bits per heavy atom. The highest BCUT2D eigenvalue weighted by Gasteiger charge is 2.24. The highest BCUT2D eigenvalue weighted by molar-refractivity contribution is 6.33. The van der Waals surface area contributed by atoms with Gasteiger partial charge in [-0.1, -0.05) is 6.92 Å². The number of rotatable bonds is 3. The second kappa shape index (κ2) is 4.09. The number of carbonyl (C=O) groups excluding carboxylic acids is 1. The lowest BCUT2D eigenvalue weighted by Gasteiger charge is -2.06. The van der Waals surface area contributed by atoms with Crippen molar-refractivity contribution in [3.63, 3.8) is 0 Å². The first-order chi connectivity index (χ1) is 5.77. The number of hydrogen-bond donors (Lipinski definition) is 0. The number of nitrogens with zero attached hydrogens (tertiary/aromatic N) is 1. The zero-order valence-electron chi connectivity index (χ0n) is 7.37. The van der Waals surface area contributed by atoms with Gasteiger partial charge in [-0.15, -0.1) is 0 Å². The van der Waals surface area contributed by atoms with Crippen LogP contribution >= 0.6 is 0 Å². The Bertz CT molecular complexity index is 200. The van der Waals surface area contributed by atoms with Gasteiger partial charge in [-0.05, 0) is 13.3 Å². The quantitative estimate of drug-likeness (QED) is 0.589. The molecule has 0 bridgehead atoms. The molecule has 12 heavy (non-hydrogen) atoms. The third-order valence-electron chi connectivity index (χ3n) is 1.62. The van der Waals surface area contributed by atoms with Gasteiger partial charge in [0.2, 0.25) is 0 Å². The van der Waals surface area contributed by atoms with Gasteiger partial charge in [-0.3, -0.25) is 0 Å². The molecule has 1 heterocycles. The second-order valence-corrected chi connectivity index (χ2v) is 2.51. The lowest BCUT2D eigenvalue weighted by atomic mass is 10.3. The van der Waals surface area contributed by atoms with Crippen LogP contribution in [0.3, 0.4) is 0 Å². The molecule has 1 atom stereocenters. The zero-order valence-corrected chi connectivity index (χ0v) is 7.37. The summed E-state index contributed by atoms with van der Waals surface area (Å²) in [5.41, 5.74) is 0. The monoisotopic (exact) mass is 171 g/mol. The van der Waals surface area contributed by atoms with E-state index < -0.39 is 5.97 Å². The van der Waals surface area contributed by atoms with Crippen molar-refractivity contribution in [1.29, 1.82) is 0 Å². The van der Waals surface area contributed by atoms with Crippen LogP contribution in [0.4, 0.5) is 0 Å². The highest BCUT2D eigenvalue weighted by Crippen LogP contribution is 2.08. The summed E-state index contributed by atoms with van der Waals surface area (Å²) in [4.78, 5) is 15.0. The third kappa shape index (κ3) is 1.96. The van der Waals surface area contributed by atoms with Crippen molar-refractivity contribution >= 4 is 11.9 Å². The first kappa shape index (κ1) is 9.03. The summed E-state index contributed by atoms with van der Waals surface area (Å²) < 4.78 is 9.92. The Hall–Kier alpha value is -1.06. The van der Waals surface area contributed by atoms with Gasteiger partial charge in [0.05, 0.1) is 13.2 Å². The van der Waals surface area contributed by atoms with Crippen molar-refractivity contribution in [3.8, 4) is 0 Å². The summed E-state index contributed by atoms with van der Waals surface area (Å²) in [6.07, 6.45) is 0.927. The fraction of sp³-hybridized carbons (Fsp3) is 0.750. The van der Waals surface area contributed by atoms with E-state index in [9.17, 15) is 4.79 Å². The van der Waals surface area contributed by atoms with Gasteiger partial charge in [-0.25, -0.2) is 9.79 Å². The molecule has 1 aliphatic heterocycles. The number of aliphatic imine (C=N–C) groups is 1. The number of esters is 1. The summed E-state index contributed by atoms with van der Waals surface area (Å²) >= 11 is 0. The molecule has 0 aromatic carbocycles. The summed E-state index contributed by atoms with van der Waals surface area (Å²) in [6.45, 7) is 4.68. The Balaban J connectivity index is 2.40. The highest BCUT2D eigenvalue weighted by atomic mass is 16.6. The maximum atomic E-state index is 11.0. The molecule has 4 nitrogen and oxygen atoms in total. The van der Waals surface area contributed by atoms with Crippen LogP contribution in [-0.2, 0) is 14.3 Å². The molecular weight excluding hydrogens is 158 g/mol. The van der Waals surface area contributed by atoms with E-state index in [1.165, 1.54) is 0 Å². The van der Waals surface area contributed by atoms with Crippen molar-refractivity contribution < 1.29 is 14.3 Å². The van der Waals surface area contributed by atoms with Crippen LogP contribution in [0.15, 0.2) is 4.99 Å². The van der Waals surface area contributed by atoms with E-state index in [0.29, 0.717) is 13.2 Å². The van der Waals surface area contributed by atoms with E-state index in [-0.39, 0.29) is 12.0 Å². The molecule has 68 valence electrons. The van der Waals surface area contributed by atoms with Crippen molar-refractivity contribution in [2.45, 2.75) is 26.4 Å². The maximum absolute atomic E-state index is 11.0. The number of hydrogen-bond acceptors (Lipinski definition) is 4. The molecule has 0 aliphatic carbocycles. The Labute approximate surface area is 71.6 Å². The van der Waals surface area contributed by atoms with Crippen molar-refractivity contribution in [2.24, 2.45) is 4.99 Å². The lowest BCUT2D eigenvalue weighted by Crippen LogP contribution is -2.20. The van der Waals surface area contributed by atoms with Crippen LogP contribution in [-0.4, -0.2) is 31.1 Å². The summed E-state index contributed by atoms with van der Waals surface area (Å²) in [7, 11) is 0. The van der Waals surface area contributed by atoms with Crippen LogP contribution in [0.2, 0.25) is 0 Å². The fourth-order valence-corrected chi connectivity index (χ4v) is 0.935. The van der Waals surface area contributed by atoms with Crippen molar-refractivity contribution in [2.75, 3.05) is 13.2 Å². The largest absolute Gasteiger partial charge is 0.467 e. The molecule has 4 heteroatoms. The topological polar surface area (TPSA) is 47.9 Å². The van der Waals surface area contributed by atoms with Crippen LogP contribution in [0.5, 0.6) is 0 Å². The van der Waals surface area contributed by atoms with E-state index in [4.69, 9.17) is 9.47 Å². The normalized spacial score (nSPS) is 21.5. The Morgan fingerprint density at radius 2 is 2.50 bits per heavy atom. The molecule has 0 amide bonds. The van der Waals surface area contributed by atoms with Gasteiger partial charge in [0.25, 0.3) is 5.90 Å². The average Bonchev–Trinajstić information content (AvgIpc) is 2.52. The molecule has 0 aromatic rings. The maximum Gasteiger partial charge on any atom is 0.393 e. The predicted octanol–water partition coefficient (Wildman–Crippen LogP) is 0.757. The second-order valence-electron chi connectivity index (χ2n) is 2.51. The molecule has 0 aromatic heterocycles. The summed E-state index contributed by atoms with van der Waals surface area (Å²) in [6, 6.07) is 0.